The summed E-state index contributed by atoms with van der Waals surface area (Å²) in [7, 11) is -5.06. The number of carbonyl (C=O) groups is 1. The Morgan fingerprint density at radius 1 is 1.27 bits per heavy atom. The molecule has 22 heavy (non-hydrogen) atoms. The van der Waals surface area contributed by atoms with Gasteiger partial charge in [-0.1, -0.05) is 3.89 Å². The molecule has 1 aliphatic carbocycles. The fourth-order valence-corrected chi connectivity index (χ4v) is 2.75. The Hall–Kier alpha value is -2.42. The number of hydrogen-bond acceptors (Lipinski definition) is 5. The zero-order valence-electron chi connectivity index (χ0n) is 11.3. The van der Waals surface area contributed by atoms with Crippen molar-refractivity contribution in [2.75, 3.05) is 5.32 Å². The molecule has 0 radical (unpaired) electrons. The van der Waals surface area contributed by atoms with Crippen LogP contribution in [0.5, 0.6) is 5.75 Å². The molecule has 2 aromatic rings. The Bertz CT molecular complexity index is 814. The summed E-state index contributed by atoms with van der Waals surface area (Å²) in [6.45, 7) is 0. The average molecular weight is 325 g/mol. The summed E-state index contributed by atoms with van der Waals surface area (Å²) in [4.78, 5) is 12.2. The minimum absolute atomic E-state index is 0.179. The van der Waals surface area contributed by atoms with Crippen LogP contribution in [-0.2, 0) is 23.3 Å². The van der Waals surface area contributed by atoms with Gasteiger partial charge in [-0.05, 0) is 43.5 Å². The maximum atomic E-state index is 12.4. The van der Waals surface area contributed by atoms with Crippen molar-refractivity contribution < 1.29 is 21.3 Å². The lowest BCUT2D eigenvalue weighted by Crippen LogP contribution is -2.14. The van der Waals surface area contributed by atoms with E-state index < -0.39 is 10.5 Å². The Kier molecular flexibility index (Phi) is 3.57. The van der Waals surface area contributed by atoms with Crippen molar-refractivity contribution in [1.82, 2.24) is 10.2 Å². The Labute approximate surface area is 125 Å². The smallest absolute Gasteiger partial charge is 0.358 e. The van der Waals surface area contributed by atoms with Crippen LogP contribution in [0.2, 0.25) is 0 Å². The highest BCUT2D eigenvalue weighted by atomic mass is 32.3. The molecule has 1 aliphatic rings. The number of hydrogen-bond donors (Lipinski definition) is 2. The molecule has 1 heterocycles. The SMILES string of the molecule is O=C(Nc1ccc(OS(=O)(=O)F)cc1)c1n[nH]c2c1CCC2. The van der Waals surface area contributed by atoms with E-state index in [4.69, 9.17) is 0 Å². The lowest BCUT2D eigenvalue weighted by molar-refractivity contribution is 0.102. The topological polar surface area (TPSA) is 101 Å². The summed E-state index contributed by atoms with van der Waals surface area (Å²) in [6, 6.07) is 5.29. The van der Waals surface area contributed by atoms with Crippen molar-refractivity contribution in [2.45, 2.75) is 19.3 Å². The molecule has 0 atom stereocenters. The number of fused-ring (bicyclic) bond motifs is 1. The highest BCUT2D eigenvalue weighted by Crippen LogP contribution is 2.24. The van der Waals surface area contributed by atoms with Crippen molar-refractivity contribution in [3.63, 3.8) is 0 Å². The van der Waals surface area contributed by atoms with Gasteiger partial charge in [0.05, 0.1) is 0 Å². The predicted molar refractivity (Wildman–Crippen MR) is 75.7 cm³/mol. The Morgan fingerprint density at radius 2 is 2.00 bits per heavy atom. The predicted octanol–water partition coefficient (Wildman–Crippen LogP) is 1.74. The van der Waals surface area contributed by atoms with Gasteiger partial charge in [-0.3, -0.25) is 9.89 Å². The highest BCUT2D eigenvalue weighted by molar-refractivity contribution is 7.81. The van der Waals surface area contributed by atoms with Crippen molar-refractivity contribution in [2.24, 2.45) is 0 Å². The summed E-state index contributed by atoms with van der Waals surface area (Å²) in [5.41, 5.74) is 2.70. The maximum absolute atomic E-state index is 12.4. The van der Waals surface area contributed by atoms with E-state index in [9.17, 15) is 17.1 Å². The first-order chi connectivity index (χ1) is 10.4. The molecule has 116 valence electrons. The summed E-state index contributed by atoms with van der Waals surface area (Å²) in [6.07, 6.45) is 2.70. The lowest BCUT2D eigenvalue weighted by atomic mass is 10.2. The highest BCUT2D eigenvalue weighted by Gasteiger charge is 2.23. The molecule has 3 rings (SSSR count). The molecule has 0 fully saturated rings. The average Bonchev–Trinajstić information content (AvgIpc) is 3.01. The number of aromatic amines is 1. The zero-order chi connectivity index (χ0) is 15.7. The minimum Gasteiger partial charge on any atom is -0.358 e. The Balaban J connectivity index is 1.71. The second-order valence-corrected chi connectivity index (χ2v) is 5.79. The molecule has 1 aromatic heterocycles. The van der Waals surface area contributed by atoms with E-state index >= 15 is 0 Å². The third-order valence-electron chi connectivity index (χ3n) is 3.33. The second-order valence-electron chi connectivity index (χ2n) is 4.84. The van der Waals surface area contributed by atoms with Crippen LogP contribution in [0.4, 0.5) is 9.57 Å². The molecule has 1 amide bonds. The number of benzene rings is 1. The van der Waals surface area contributed by atoms with Gasteiger partial charge in [0.25, 0.3) is 5.91 Å². The van der Waals surface area contributed by atoms with Crippen LogP contribution in [-0.4, -0.2) is 24.5 Å². The van der Waals surface area contributed by atoms with Gasteiger partial charge in [0.1, 0.15) is 5.75 Å². The van der Waals surface area contributed by atoms with Gasteiger partial charge in [-0.15, -0.1) is 0 Å². The summed E-state index contributed by atoms with van der Waals surface area (Å²) < 4.78 is 37.2. The van der Waals surface area contributed by atoms with Crippen LogP contribution in [0.15, 0.2) is 24.3 Å². The number of aromatic nitrogens is 2. The number of nitrogens with one attached hydrogen (secondary N) is 2. The fraction of sp³-hybridized carbons (Fsp3) is 0.231. The molecule has 0 saturated heterocycles. The van der Waals surface area contributed by atoms with E-state index in [-0.39, 0.29) is 11.7 Å². The molecule has 0 aliphatic heterocycles. The summed E-state index contributed by atoms with van der Waals surface area (Å²) >= 11 is 0. The quantitative estimate of drug-likeness (QED) is 0.834. The van der Waals surface area contributed by atoms with Crippen molar-refractivity contribution in [3.8, 4) is 5.75 Å². The summed E-state index contributed by atoms with van der Waals surface area (Å²) in [5, 5.41) is 9.50. The number of nitrogens with zero attached hydrogens (tertiary/aromatic N) is 1. The number of H-pyrrole nitrogens is 1. The van der Waals surface area contributed by atoms with Crippen LogP contribution < -0.4 is 9.50 Å². The van der Waals surface area contributed by atoms with Gasteiger partial charge < -0.3 is 9.50 Å². The van der Waals surface area contributed by atoms with E-state index in [1.54, 1.807) is 0 Å². The minimum atomic E-state index is -5.06. The zero-order valence-corrected chi connectivity index (χ0v) is 12.1. The van der Waals surface area contributed by atoms with Crippen LogP contribution >= 0.6 is 0 Å². The van der Waals surface area contributed by atoms with Gasteiger partial charge in [0, 0.05) is 16.9 Å². The van der Waals surface area contributed by atoms with E-state index in [0.717, 1.165) is 30.5 Å². The number of anilines is 1. The number of amides is 1. The van der Waals surface area contributed by atoms with Gasteiger partial charge in [0.2, 0.25) is 0 Å². The van der Waals surface area contributed by atoms with Crippen LogP contribution in [0.1, 0.15) is 28.2 Å². The number of aryl methyl sites for hydroxylation is 1. The molecular weight excluding hydrogens is 313 g/mol. The number of carbonyl (C=O) groups excluding carboxylic acids is 1. The van der Waals surface area contributed by atoms with Gasteiger partial charge in [-0.25, -0.2) is 0 Å². The van der Waals surface area contributed by atoms with E-state index in [1.165, 1.54) is 24.3 Å². The first-order valence-corrected chi connectivity index (χ1v) is 7.85. The monoisotopic (exact) mass is 325 g/mol. The van der Waals surface area contributed by atoms with Crippen LogP contribution in [0, 0.1) is 0 Å². The van der Waals surface area contributed by atoms with Crippen molar-refractivity contribution in [3.05, 3.63) is 41.2 Å². The molecule has 0 spiro atoms. The molecule has 2 N–H and O–H groups in total. The second kappa shape index (κ2) is 5.41. The van der Waals surface area contributed by atoms with E-state index in [1.807, 2.05) is 0 Å². The third-order valence-corrected chi connectivity index (χ3v) is 3.72. The normalized spacial score (nSPS) is 13.7. The number of halogens is 1. The molecule has 1 aromatic carbocycles. The van der Waals surface area contributed by atoms with Crippen LogP contribution in [0.25, 0.3) is 0 Å². The molecule has 9 heteroatoms. The Morgan fingerprint density at radius 3 is 2.68 bits per heavy atom. The van der Waals surface area contributed by atoms with Gasteiger partial charge in [-0.2, -0.15) is 13.5 Å². The first-order valence-electron chi connectivity index (χ1n) is 6.54. The number of rotatable bonds is 4. The van der Waals surface area contributed by atoms with Crippen molar-refractivity contribution >= 4 is 22.1 Å². The fourth-order valence-electron chi connectivity index (χ4n) is 2.41. The molecule has 0 bridgehead atoms. The summed E-state index contributed by atoms with van der Waals surface area (Å²) in [5.74, 6) is -0.535. The maximum Gasteiger partial charge on any atom is 0.488 e. The standard InChI is InChI=1S/C13H12FN3O4S/c14-22(19,20)21-9-6-4-8(5-7-9)15-13(18)12-10-2-1-3-11(10)16-17-12/h4-7H,1-3H2,(H,15,18)(H,16,17). The van der Waals surface area contributed by atoms with Crippen LogP contribution in [0.3, 0.4) is 0 Å². The molecule has 0 unspecified atom stereocenters. The largest absolute Gasteiger partial charge is 0.488 e. The van der Waals surface area contributed by atoms with E-state index in [2.05, 4.69) is 19.7 Å². The van der Waals surface area contributed by atoms with Gasteiger partial charge >= 0.3 is 10.5 Å². The molecule has 7 nitrogen and oxygen atoms in total. The third kappa shape index (κ3) is 3.08. The molecule has 0 saturated carbocycles. The molecular formula is C13H12FN3O4S. The van der Waals surface area contributed by atoms with E-state index in [0.29, 0.717) is 11.4 Å². The van der Waals surface area contributed by atoms with Gasteiger partial charge in [0.15, 0.2) is 5.69 Å². The van der Waals surface area contributed by atoms with Crippen molar-refractivity contribution in [1.29, 1.82) is 0 Å². The lowest BCUT2D eigenvalue weighted by Gasteiger charge is -2.05. The first kappa shape index (κ1) is 14.5.